The van der Waals surface area contributed by atoms with Gasteiger partial charge >= 0.3 is 0 Å². The van der Waals surface area contributed by atoms with Crippen LogP contribution in [0.3, 0.4) is 0 Å². The molecule has 0 aliphatic carbocycles. The molecule has 1 aromatic heterocycles. The van der Waals surface area contributed by atoms with Crippen LogP contribution in [-0.2, 0) is 0 Å². The lowest BCUT2D eigenvalue weighted by molar-refractivity contribution is 0.101. The number of ketones is 1. The zero-order chi connectivity index (χ0) is 11.7. The molecule has 0 saturated heterocycles. The van der Waals surface area contributed by atoms with Crippen molar-refractivity contribution >= 4 is 17.1 Å². The van der Waals surface area contributed by atoms with Gasteiger partial charge in [-0.3, -0.25) is 4.79 Å². The van der Waals surface area contributed by atoms with Crippen molar-refractivity contribution in [3.05, 3.63) is 34.5 Å². The smallest absolute Gasteiger partial charge is 0.163 e. The fourth-order valence-electron chi connectivity index (χ4n) is 1.56. The van der Waals surface area contributed by atoms with E-state index in [4.69, 9.17) is 0 Å². The SMILES string of the molecule is CC(=O)c1ccc(O)c(-c2ccsc2)c1O. The lowest BCUT2D eigenvalue weighted by Crippen LogP contribution is -1.94. The normalized spacial score (nSPS) is 10.3. The molecule has 1 aromatic carbocycles. The second-order valence-electron chi connectivity index (χ2n) is 3.42. The van der Waals surface area contributed by atoms with Crippen LogP contribution in [0.25, 0.3) is 11.1 Å². The molecule has 2 aromatic rings. The van der Waals surface area contributed by atoms with E-state index in [1.165, 1.54) is 30.4 Å². The molecule has 82 valence electrons. The number of carbonyl (C=O) groups is 1. The molecule has 0 radical (unpaired) electrons. The van der Waals surface area contributed by atoms with Gasteiger partial charge in [-0.15, -0.1) is 0 Å². The van der Waals surface area contributed by atoms with Gasteiger partial charge in [-0.25, -0.2) is 0 Å². The molecule has 0 bridgehead atoms. The first-order valence-corrected chi connectivity index (χ1v) is 5.64. The van der Waals surface area contributed by atoms with Crippen molar-refractivity contribution in [3.63, 3.8) is 0 Å². The highest BCUT2D eigenvalue weighted by atomic mass is 32.1. The van der Waals surface area contributed by atoms with Gasteiger partial charge in [-0.1, -0.05) is 0 Å². The summed E-state index contributed by atoms with van der Waals surface area (Å²) in [6.07, 6.45) is 0. The first-order chi connectivity index (χ1) is 7.61. The second-order valence-corrected chi connectivity index (χ2v) is 4.20. The second kappa shape index (κ2) is 3.98. The van der Waals surface area contributed by atoms with Gasteiger partial charge < -0.3 is 10.2 Å². The Morgan fingerprint density at radius 3 is 2.56 bits per heavy atom. The van der Waals surface area contributed by atoms with Crippen LogP contribution in [0.5, 0.6) is 11.5 Å². The molecule has 1 heterocycles. The Labute approximate surface area is 96.6 Å². The van der Waals surface area contributed by atoms with E-state index in [1.54, 1.807) is 11.4 Å². The highest BCUT2D eigenvalue weighted by molar-refractivity contribution is 7.08. The summed E-state index contributed by atoms with van der Waals surface area (Å²) in [6, 6.07) is 4.62. The number of phenols is 2. The Morgan fingerprint density at radius 1 is 1.25 bits per heavy atom. The largest absolute Gasteiger partial charge is 0.507 e. The third kappa shape index (κ3) is 1.67. The van der Waals surface area contributed by atoms with Gasteiger partial charge in [0.15, 0.2) is 5.78 Å². The molecule has 4 heteroatoms. The topological polar surface area (TPSA) is 57.5 Å². The Balaban J connectivity index is 2.69. The molecule has 0 aliphatic heterocycles. The number of aromatic hydroxyl groups is 2. The molecule has 0 fully saturated rings. The molecule has 0 aliphatic rings. The van der Waals surface area contributed by atoms with Crippen LogP contribution in [0.2, 0.25) is 0 Å². The Morgan fingerprint density at radius 2 is 2.00 bits per heavy atom. The van der Waals surface area contributed by atoms with Crippen molar-refractivity contribution in [1.82, 2.24) is 0 Å². The lowest BCUT2D eigenvalue weighted by Gasteiger charge is -2.08. The van der Waals surface area contributed by atoms with E-state index in [0.29, 0.717) is 11.1 Å². The molecule has 16 heavy (non-hydrogen) atoms. The Kier molecular flexibility index (Phi) is 2.66. The molecule has 0 unspecified atom stereocenters. The van der Waals surface area contributed by atoms with Gasteiger partial charge in [-0.05, 0) is 41.4 Å². The van der Waals surface area contributed by atoms with Crippen LogP contribution in [0.1, 0.15) is 17.3 Å². The van der Waals surface area contributed by atoms with Gasteiger partial charge in [0.05, 0.1) is 11.1 Å². The average molecular weight is 234 g/mol. The summed E-state index contributed by atoms with van der Waals surface area (Å²) in [5.74, 6) is -0.416. The van der Waals surface area contributed by atoms with E-state index in [-0.39, 0.29) is 22.8 Å². The van der Waals surface area contributed by atoms with Crippen LogP contribution < -0.4 is 0 Å². The van der Waals surface area contributed by atoms with E-state index >= 15 is 0 Å². The highest BCUT2D eigenvalue weighted by Gasteiger charge is 2.16. The van der Waals surface area contributed by atoms with E-state index in [9.17, 15) is 15.0 Å². The summed E-state index contributed by atoms with van der Waals surface area (Å²) < 4.78 is 0. The summed E-state index contributed by atoms with van der Waals surface area (Å²) in [4.78, 5) is 11.3. The summed E-state index contributed by atoms with van der Waals surface area (Å²) in [6.45, 7) is 1.38. The minimum absolute atomic E-state index is 0.0269. The minimum atomic E-state index is -0.228. The van der Waals surface area contributed by atoms with Crippen molar-refractivity contribution < 1.29 is 15.0 Å². The molecule has 0 spiro atoms. The summed E-state index contributed by atoms with van der Waals surface area (Å²) in [5.41, 5.74) is 1.25. The standard InChI is InChI=1S/C12H10O3S/c1-7(13)9-2-3-10(14)11(12(9)15)8-4-5-16-6-8/h2-6,14-15H,1H3. The first kappa shape index (κ1) is 10.7. The van der Waals surface area contributed by atoms with Crippen molar-refractivity contribution in [2.24, 2.45) is 0 Å². The van der Waals surface area contributed by atoms with E-state index in [2.05, 4.69) is 0 Å². The number of thiophene rings is 1. The zero-order valence-electron chi connectivity index (χ0n) is 8.60. The number of rotatable bonds is 2. The van der Waals surface area contributed by atoms with E-state index in [1.807, 2.05) is 5.38 Å². The molecular weight excluding hydrogens is 224 g/mol. The average Bonchev–Trinajstić information content (AvgIpc) is 2.70. The van der Waals surface area contributed by atoms with Crippen molar-refractivity contribution in [2.75, 3.05) is 0 Å². The quantitative estimate of drug-likeness (QED) is 0.785. The molecular formula is C12H10O3S. The maximum atomic E-state index is 11.3. The van der Waals surface area contributed by atoms with Gasteiger partial charge in [0, 0.05) is 0 Å². The minimum Gasteiger partial charge on any atom is -0.507 e. The number of carbonyl (C=O) groups excluding carboxylic acids is 1. The number of phenolic OH excluding ortho intramolecular Hbond substituents is 2. The van der Waals surface area contributed by atoms with Crippen LogP contribution in [0, 0.1) is 0 Å². The van der Waals surface area contributed by atoms with E-state index in [0.717, 1.165) is 0 Å². The molecule has 2 rings (SSSR count). The van der Waals surface area contributed by atoms with Crippen LogP contribution >= 0.6 is 11.3 Å². The Bertz CT molecular complexity index is 529. The van der Waals surface area contributed by atoms with Gasteiger partial charge in [0.25, 0.3) is 0 Å². The third-order valence-electron chi connectivity index (χ3n) is 2.35. The predicted octanol–water partition coefficient (Wildman–Crippen LogP) is 3.03. The van der Waals surface area contributed by atoms with Gasteiger partial charge in [0.1, 0.15) is 11.5 Å². The third-order valence-corrected chi connectivity index (χ3v) is 3.03. The molecule has 3 nitrogen and oxygen atoms in total. The van der Waals surface area contributed by atoms with Crippen LogP contribution in [0.15, 0.2) is 29.0 Å². The van der Waals surface area contributed by atoms with Crippen molar-refractivity contribution in [2.45, 2.75) is 6.92 Å². The van der Waals surface area contributed by atoms with Gasteiger partial charge in [0.2, 0.25) is 0 Å². The number of hydrogen-bond donors (Lipinski definition) is 2. The molecule has 0 saturated carbocycles. The summed E-state index contributed by atoms with van der Waals surface area (Å²) in [5, 5.41) is 23.3. The molecule has 0 amide bonds. The predicted molar refractivity (Wildman–Crippen MR) is 63.1 cm³/mol. The van der Waals surface area contributed by atoms with Gasteiger partial charge in [-0.2, -0.15) is 11.3 Å². The van der Waals surface area contributed by atoms with Crippen LogP contribution in [0.4, 0.5) is 0 Å². The fraction of sp³-hybridized carbons (Fsp3) is 0.0833. The molecule has 2 N–H and O–H groups in total. The first-order valence-electron chi connectivity index (χ1n) is 4.69. The van der Waals surface area contributed by atoms with Crippen LogP contribution in [-0.4, -0.2) is 16.0 Å². The summed E-state index contributed by atoms with van der Waals surface area (Å²) in [7, 11) is 0. The number of Topliss-reactive ketones (excluding diaryl/α,β-unsaturated/α-hetero) is 1. The highest BCUT2D eigenvalue weighted by Crippen LogP contribution is 2.40. The molecule has 0 atom stereocenters. The number of hydrogen-bond acceptors (Lipinski definition) is 4. The van der Waals surface area contributed by atoms with Crippen molar-refractivity contribution in [3.8, 4) is 22.6 Å². The number of benzene rings is 1. The van der Waals surface area contributed by atoms with E-state index < -0.39 is 0 Å². The zero-order valence-corrected chi connectivity index (χ0v) is 9.41. The lowest BCUT2D eigenvalue weighted by atomic mass is 10.0. The van der Waals surface area contributed by atoms with Crippen molar-refractivity contribution in [1.29, 1.82) is 0 Å². The monoisotopic (exact) mass is 234 g/mol. The fourth-order valence-corrected chi connectivity index (χ4v) is 2.20. The summed E-state index contributed by atoms with van der Waals surface area (Å²) >= 11 is 1.46. The maximum Gasteiger partial charge on any atom is 0.163 e. The maximum absolute atomic E-state index is 11.3. The Hall–Kier alpha value is -1.81.